The van der Waals surface area contributed by atoms with Crippen LogP contribution in [0, 0.1) is 31.3 Å². The molecule has 3 unspecified atom stereocenters. The Hall–Kier alpha value is -7.60. The van der Waals surface area contributed by atoms with Crippen molar-refractivity contribution < 1.29 is 70.4 Å². The number of benzene rings is 3. The summed E-state index contributed by atoms with van der Waals surface area (Å²) in [5.74, 6) is -7.90. The molecular weight excluding hydrogens is 999 g/mol. The second-order valence-electron chi connectivity index (χ2n) is 17.1. The monoisotopic (exact) mass is 1060 g/mol. The topological polar surface area (TPSA) is 194 Å². The molecule has 0 fully saturated rings. The van der Waals surface area contributed by atoms with E-state index < -0.39 is 71.0 Å². The number of carbonyl (C=O) groups excluding carboxylic acids is 6. The van der Waals surface area contributed by atoms with Crippen molar-refractivity contribution in [1.82, 2.24) is 16.0 Å². The molecule has 15 nitrogen and oxygen atoms in total. The third-order valence-electron chi connectivity index (χ3n) is 12.3. The molecule has 3 aliphatic heterocycles. The second-order valence-corrected chi connectivity index (χ2v) is 17.5. The number of ether oxygens (including phenoxy) is 6. The molecule has 3 N–H and O–H groups in total. The molecule has 0 aromatic heterocycles. The van der Waals surface area contributed by atoms with E-state index in [0.29, 0.717) is 50.9 Å². The van der Waals surface area contributed by atoms with Gasteiger partial charge in [0.05, 0.1) is 97.4 Å². The first kappa shape index (κ1) is 60.0. The third kappa shape index (κ3) is 13.0. The molecule has 3 aromatic rings. The summed E-state index contributed by atoms with van der Waals surface area (Å²) in [5, 5.41) is 8.84. The molecule has 0 aliphatic carbocycles. The van der Waals surface area contributed by atoms with Crippen LogP contribution in [0.2, 0.25) is 5.02 Å². The number of carbonyl (C=O) groups is 6. The predicted molar refractivity (Wildman–Crippen MR) is 273 cm³/mol. The maximum absolute atomic E-state index is 14.8. The highest BCUT2D eigenvalue weighted by Gasteiger charge is 2.42. The molecule has 3 atom stereocenters. The molecule has 0 saturated carbocycles. The van der Waals surface area contributed by atoms with Gasteiger partial charge in [-0.2, -0.15) is 0 Å². The van der Waals surface area contributed by atoms with E-state index in [-0.39, 0.29) is 69.4 Å². The van der Waals surface area contributed by atoms with Crippen LogP contribution in [0.3, 0.4) is 0 Å². The van der Waals surface area contributed by atoms with Crippen LogP contribution in [-0.2, 0) is 57.2 Å². The van der Waals surface area contributed by atoms with Crippen LogP contribution in [0.15, 0.2) is 122 Å². The Labute approximate surface area is 439 Å². The lowest BCUT2D eigenvalue weighted by Crippen LogP contribution is -2.32. The molecule has 3 aromatic carbocycles. The quantitative estimate of drug-likeness (QED) is 0.115. The van der Waals surface area contributed by atoms with Crippen molar-refractivity contribution in [2.45, 2.75) is 93.9 Å². The maximum atomic E-state index is 14.8. The molecule has 0 radical (unpaired) electrons. The standard InChI is InChI=1S/2C19H22FNO4.C18H19ClFNO4/c2*1-6-25-19(23)15-12(4)21-11(3)14(18(22)24-5)16(15)13-9-7-8-10(2)17(13)20;1-5-25-18(23)14-10(3)21-9(2)13(17(22)24-4)15(14)11-7-6-8-12(20)16(11)19/h2*7-9,16,21H,6H2,1-5H3;6-8,15,21H,5H2,1-4H3. The molecule has 0 saturated heterocycles. The van der Waals surface area contributed by atoms with E-state index in [1.807, 2.05) is 0 Å². The first-order valence-electron chi connectivity index (χ1n) is 23.7. The van der Waals surface area contributed by atoms with Crippen LogP contribution in [0.5, 0.6) is 0 Å². The lowest BCUT2D eigenvalue weighted by molar-refractivity contribution is -0.140. The Morgan fingerprint density at radius 3 is 0.960 bits per heavy atom. The molecule has 75 heavy (non-hydrogen) atoms. The van der Waals surface area contributed by atoms with Gasteiger partial charge in [0.25, 0.3) is 0 Å². The zero-order chi connectivity index (χ0) is 56.2. The largest absolute Gasteiger partial charge is 0.466 e. The highest BCUT2D eigenvalue weighted by Crippen LogP contribution is 2.44. The summed E-state index contributed by atoms with van der Waals surface area (Å²) in [6, 6.07) is 14.1. The molecule has 0 bridgehead atoms. The predicted octanol–water partition coefficient (Wildman–Crippen LogP) is 9.66. The van der Waals surface area contributed by atoms with Crippen molar-refractivity contribution >= 4 is 47.4 Å². The SMILES string of the molecule is CCOC(=O)C1=C(C)NC(C)=C(C(=O)OC)C1c1cccc(C)c1F.CCOC(=O)C1=C(C)NC(C)=C(C(=O)OC)C1c1cccc(C)c1F.CCOC(=O)C1=C(C)NC(C)=C(C(=O)OC)C1c1cccc(F)c1Cl. The number of methoxy groups -OCH3 is 3. The third-order valence-corrected chi connectivity index (χ3v) is 12.7. The minimum atomic E-state index is -0.896. The van der Waals surface area contributed by atoms with Crippen molar-refractivity contribution in [1.29, 1.82) is 0 Å². The number of hydrogen-bond donors (Lipinski definition) is 3. The van der Waals surface area contributed by atoms with E-state index >= 15 is 0 Å². The number of rotatable bonds is 12. The normalized spacial score (nSPS) is 17.3. The fourth-order valence-corrected chi connectivity index (χ4v) is 9.26. The van der Waals surface area contributed by atoms with Crippen LogP contribution in [0.4, 0.5) is 13.2 Å². The summed E-state index contributed by atoms with van der Waals surface area (Å²) < 4.78 is 73.7. The number of dihydropyridines is 3. The average molecular weight is 1060 g/mol. The Morgan fingerprint density at radius 2 is 0.680 bits per heavy atom. The summed E-state index contributed by atoms with van der Waals surface area (Å²) in [5.41, 5.74) is 5.91. The van der Waals surface area contributed by atoms with Gasteiger partial charge in [0.15, 0.2) is 0 Å². The summed E-state index contributed by atoms with van der Waals surface area (Å²) in [6.07, 6.45) is 0. The smallest absolute Gasteiger partial charge is 0.336 e. The number of esters is 6. The van der Waals surface area contributed by atoms with Crippen molar-refractivity contribution in [3.8, 4) is 0 Å². The summed E-state index contributed by atoms with van der Waals surface area (Å²) in [6.45, 7) is 19.0. The molecule has 402 valence electrons. The molecule has 3 aliphatic rings. The number of hydrogen-bond acceptors (Lipinski definition) is 15. The second kappa shape index (κ2) is 26.6. The first-order valence-corrected chi connectivity index (χ1v) is 24.1. The van der Waals surface area contributed by atoms with Gasteiger partial charge in [0, 0.05) is 45.3 Å². The Balaban J connectivity index is 0.000000243. The minimum Gasteiger partial charge on any atom is -0.466 e. The summed E-state index contributed by atoms with van der Waals surface area (Å²) >= 11 is 6.14. The van der Waals surface area contributed by atoms with Gasteiger partial charge in [-0.15, -0.1) is 0 Å². The zero-order valence-electron chi connectivity index (χ0n) is 44.5. The van der Waals surface area contributed by atoms with Crippen LogP contribution in [0.25, 0.3) is 0 Å². The Morgan fingerprint density at radius 1 is 0.427 bits per heavy atom. The highest BCUT2D eigenvalue weighted by molar-refractivity contribution is 6.31. The van der Waals surface area contributed by atoms with Crippen LogP contribution >= 0.6 is 11.6 Å². The van der Waals surface area contributed by atoms with Gasteiger partial charge in [0.1, 0.15) is 17.5 Å². The Kier molecular flexibility index (Phi) is 21.2. The molecule has 0 amide bonds. The first-order chi connectivity index (χ1) is 35.5. The number of nitrogens with one attached hydrogen (secondary N) is 3. The van der Waals surface area contributed by atoms with E-state index in [9.17, 15) is 41.9 Å². The fraction of sp³-hybridized carbons (Fsp3) is 0.357. The number of aryl methyl sites for hydroxylation is 2. The van der Waals surface area contributed by atoms with Gasteiger partial charge < -0.3 is 44.4 Å². The van der Waals surface area contributed by atoms with Crippen molar-refractivity contribution in [3.05, 3.63) is 173 Å². The van der Waals surface area contributed by atoms with E-state index in [0.717, 1.165) is 0 Å². The minimum absolute atomic E-state index is 0.154. The highest BCUT2D eigenvalue weighted by atomic mass is 35.5. The van der Waals surface area contributed by atoms with Gasteiger partial charge in [0.2, 0.25) is 0 Å². The van der Waals surface area contributed by atoms with E-state index in [1.54, 1.807) is 119 Å². The van der Waals surface area contributed by atoms with Crippen LogP contribution in [0.1, 0.15) is 108 Å². The summed E-state index contributed by atoms with van der Waals surface area (Å²) in [4.78, 5) is 74.7. The fourth-order valence-electron chi connectivity index (χ4n) is 9.02. The van der Waals surface area contributed by atoms with Crippen molar-refractivity contribution in [3.63, 3.8) is 0 Å². The molecule has 19 heteroatoms. The van der Waals surface area contributed by atoms with Gasteiger partial charge in [-0.1, -0.05) is 60.1 Å². The molecule has 3 heterocycles. The van der Waals surface area contributed by atoms with Crippen LogP contribution in [-0.4, -0.2) is 77.0 Å². The van der Waals surface area contributed by atoms with E-state index in [2.05, 4.69) is 16.0 Å². The summed E-state index contributed by atoms with van der Waals surface area (Å²) in [7, 11) is 3.74. The number of allylic oxidation sites excluding steroid dienone is 6. The molecule has 0 spiro atoms. The van der Waals surface area contributed by atoms with Gasteiger partial charge in [-0.25, -0.2) is 41.9 Å². The molecule has 6 rings (SSSR count). The number of halogens is 4. The van der Waals surface area contributed by atoms with E-state index in [1.165, 1.54) is 33.5 Å². The lowest BCUT2D eigenvalue weighted by atomic mass is 9.79. The average Bonchev–Trinajstić information content (AvgIpc) is 3.35. The molecular formula is C56H63ClF3N3O12. The lowest BCUT2D eigenvalue weighted by Gasteiger charge is -2.30. The van der Waals surface area contributed by atoms with E-state index in [4.69, 9.17) is 40.0 Å². The van der Waals surface area contributed by atoms with Gasteiger partial charge in [-0.05, 0) is 98.9 Å². The van der Waals surface area contributed by atoms with Crippen molar-refractivity contribution in [2.24, 2.45) is 0 Å². The van der Waals surface area contributed by atoms with Crippen LogP contribution < -0.4 is 16.0 Å². The Bertz CT molecular complexity index is 2660. The van der Waals surface area contributed by atoms with Gasteiger partial charge >= 0.3 is 35.8 Å². The maximum Gasteiger partial charge on any atom is 0.336 e. The van der Waals surface area contributed by atoms with Gasteiger partial charge in [-0.3, -0.25) is 0 Å². The zero-order valence-corrected chi connectivity index (χ0v) is 45.2. The van der Waals surface area contributed by atoms with Crippen molar-refractivity contribution in [2.75, 3.05) is 41.2 Å².